The van der Waals surface area contributed by atoms with Crippen LogP contribution >= 0.6 is 0 Å². The van der Waals surface area contributed by atoms with Gasteiger partial charge in [-0.25, -0.2) is 4.39 Å². The lowest BCUT2D eigenvalue weighted by molar-refractivity contribution is -0.113. The zero-order valence-corrected chi connectivity index (χ0v) is 12.2. The quantitative estimate of drug-likeness (QED) is 0.852. The molecule has 3 N–H and O–H groups in total. The Morgan fingerprint density at radius 1 is 1.24 bits per heavy atom. The smallest absolute Gasteiger partial charge is 0.237 e. The molecule has 6 heteroatoms. The van der Waals surface area contributed by atoms with Gasteiger partial charge in [-0.2, -0.15) is 0 Å². The molecule has 110 valence electrons. The number of carbonyl (C=O) groups excluding carboxylic acids is 1. The van der Waals surface area contributed by atoms with Gasteiger partial charge in [-0.05, 0) is 37.3 Å². The number of nitrogen functional groups attached to an aromatic ring is 1. The van der Waals surface area contributed by atoms with Gasteiger partial charge in [-0.1, -0.05) is 17.7 Å². The van der Waals surface area contributed by atoms with E-state index in [-0.39, 0.29) is 16.3 Å². The highest BCUT2D eigenvalue weighted by Crippen LogP contribution is 2.18. The molecule has 2 aromatic rings. The molecule has 1 atom stereocenters. The van der Waals surface area contributed by atoms with E-state index < -0.39 is 22.5 Å². The van der Waals surface area contributed by atoms with E-state index in [1.807, 2.05) is 19.1 Å². The molecule has 1 amide bonds. The largest absolute Gasteiger partial charge is 0.398 e. The lowest BCUT2D eigenvalue weighted by atomic mass is 10.2. The second-order valence-electron chi connectivity index (χ2n) is 4.59. The van der Waals surface area contributed by atoms with E-state index in [9.17, 15) is 13.4 Å². The highest BCUT2D eigenvalue weighted by Gasteiger charge is 2.14. The van der Waals surface area contributed by atoms with Gasteiger partial charge >= 0.3 is 0 Å². The number of carbonyl (C=O) groups is 1. The number of nitrogens with two attached hydrogens (primary N) is 1. The molecule has 0 saturated heterocycles. The third-order valence-corrected chi connectivity index (χ3v) is 4.19. The van der Waals surface area contributed by atoms with Crippen LogP contribution in [0.15, 0.2) is 47.4 Å². The van der Waals surface area contributed by atoms with Gasteiger partial charge in [0.25, 0.3) is 0 Å². The summed E-state index contributed by atoms with van der Waals surface area (Å²) in [5.74, 6) is -1.23. The molecule has 0 bridgehead atoms. The highest BCUT2D eigenvalue weighted by atomic mass is 32.2. The van der Waals surface area contributed by atoms with Crippen molar-refractivity contribution in [1.29, 1.82) is 0 Å². The van der Waals surface area contributed by atoms with Crippen LogP contribution in [0.2, 0.25) is 0 Å². The number of benzene rings is 2. The molecule has 4 nitrogen and oxygen atoms in total. The third kappa shape index (κ3) is 4.13. The fourth-order valence-corrected chi connectivity index (χ4v) is 2.78. The Hall–Kier alpha value is -2.21. The zero-order valence-electron chi connectivity index (χ0n) is 11.4. The maximum atomic E-state index is 13.1. The number of hydrogen-bond acceptors (Lipinski definition) is 3. The SMILES string of the molecule is Cc1ccc(NC(=O)CS(=O)c2cc(F)ccc2N)cc1. The fourth-order valence-electron chi connectivity index (χ4n) is 1.74. The highest BCUT2D eigenvalue weighted by molar-refractivity contribution is 7.86. The van der Waals surface area contributed by atoms with E-state index in [4.69, 9.17) is 5.73 Å². The van der Waals surface area contributed by atoms with Crippen LogP contribution in [0.5, 0.6) is 0 Å². The third-order valence-electron chi connectivity index (χ3n) is 2.82. The lowest BCUT2D eigenvalue weighted by Gasteiger charge is -2.07. The van der Waals surface area contributed by atoms with E-state index in [1.54, 1.807) is 12.1 Å². The fraction of sp³-hybridized carbons (Fsp3) is 0.133. The summed E-state index contributed by atoms with van der Waals surface area (Å²) >= 11 is 0. The van der Waals surface area contributed by atoms with Crippen molar-refractivity contribution in [3.05, 3.63) is 53.8 Å². The molecule has 1 unspecified atom stereocenters. The minimum Gasteiger partial charge on any atom is -0.398 e. The Kier molecular flexibility index (Phi) is 4.70. The maximum absolute atomic E-state index is 13.1. The summed E-state index contributed by atoms with van der Waals surface area (Å²) in [6, 6.07) is 10.8. The molecule has 2 aromatic carbocycles. The number of amides is 1. The summed E-state index contributed by atoms with van der Waals surface area (Å²) < 4.78 is 25.2. The number of nitrogens with one attached hydrogen (secondary N) is 1. The monoisotopic (exact) mass is 306 g/mol. The van der Waals surface area contributed by atoms with Crippen molar-refractivity contribution in [2.45, 2.75) is 11.8 Å². The van der Waals surface area contributed by atoms with E-state index in [0.717, 1.165) is 11.6 Å². The molecule has 0 radical (unpaired) electrons. The van der Waals surface area contributed by atoms with Gasteiger partial charge in [-0.3, -0.25) is 9.00 Å². The molecular weight excluding hydrogens is 291 g/mol. The minimum atomic E-state index is -1.69. The van der Waals surface area contributed by atoms with Gasteiger partial charge in [0, 0.05) is 11.4 Å². The average Bonchev–Trinajstić information content (AvgIpc) is 2.44. The summed E-state index contributed by atoms with van der Waals surface area (Å²) in [5, 5.41) is 2.64. The Labute approximate surface area is 124 Å². The van der Waals surface area contributed by atoms with Crippen LogP contribution in [0.4, 0.5) is 15.8 Å². The number of aryl methyl sites for hydroxylation is 1. The van der Waals surface area contributed by atoms with Crippen molar-refractivity contribution >= 4 is 28.1 Å². The topological polar surface area (TPSA) is 72.2 Å². The van der Waals surface area contributed by atoms with Crippen LogP contribution in [0.25, 0.3) is 0 Å². The molecule has 0 saturated carbocycles. The predicted molar refractivity (Wildman–Crippen MR) is 81.9 cm³/mol. The van der Waals surface area contributed by atoms with Crippen molar-refractivity contribution in [3.63, 3.8) is 0 Å². The van der Waals surface area contributed by atoms with Crippen LogP contribution in [0.3, 0.4) is 0 Å². The average molecular weight is 306 g/mol. The first-order valence-electron chi connectivity index (χ1n) is 6.25. The summed E-state index contributed by atoms with van der Waals surface area (Å²) in [6.07, 6.45) is 0. The summed E-state index contributed by atoms with van der Waals surface area (Å²) in [7, 11) is -1.69. The van der Waals surface area contributed by atoms with Crippen LogP contribution in [-0.4, -0.2) is 15.9 Å². The molecular formula is C15H15FN2O2S. The van der Waals surface area contributed by atoms with Crippen LogP contribution in [0.1, 0.15) is 5.56 Å². The second kappa shape index (κ2) is 6.49. The van der Waals surface area contributed by atoms with Crippen LogP contribution in [-0.2, 0) is 15.6 Å². The van der Waals surface area contributed by atoms with Gasteiger partial charge in [-0.15, -0.1) is 0 Å². The van der Waals surface area contributed by atoms with Crippen LogP contribution < -0.4 is 11.1 Å². The first-order valence-corrected chi connectivity index (χ1v) is 7.57. The molecule has 0 aliphatic carbocycles. The van der Waals surface area contributed by atoms with E-state index in [0.29, 0.717) is 5.69 Å². The van der Waals surface area contributed by atoms with Crippen molar-refractivity contribution in [1.82, 2.24) is 0 Å². The summed E-state index contributed by atoms with van der Waals surface area (Å²) in [5.41, 5.74) is 7.54. The Morgan fingerprint density at radius 3 is 2.57 bits per heavy atom. The number of hydrogen-bond donors (Lipinski definition) is 2. The first kappa shape index (κ1) is 15.2. The zero-order chi connectivity index (χ0) is 15.4. The number of anilines is 2. The standard InChI is InChI=1S/C15H15FN2O2S/c1-10-2-5-12(6-3-10)18-15(19)9-21(20)14-8-11(16)4-7-13(14)17/h2-8H,9,17H2,1H3,(H,18,19). The number of halogens is 1. The van der Waals surface area contributed by atoms with Gasteiger partial charge in [0.1, 0.15) is 11.6 Å². The van der Waals surface area contributed by atoms with Gasteiger partial charge in [0.15, 0.2) is 0 Å². The second-order valence-corrected chi connectivity index (χ2v) is 6.01. The van der Waals surface area contributed by atoms with E-state index >= 15 is 0 Å². The Morgan fingerprint density at radius 2 is 1.90 bits per heavy atom. The predicted octanol–water partition coefficient (Wildman–Crippen LogP) is 2.46. The van der Waals surface area contributed by atoms with Gasteiger partial charge < -0.3 is 11.1 Å². The molecule has 21 heavy (non-hydrogen) atoms. The number of rotatable bonds is 4. The van der Waals surface area contributed by atoms with Gasteiger partial charge in [0.05, 0.1) is 15.7 Å². The van der Waals surface area contributed by atoms with E-state index in [2.05, 4.69) is 5.32 Å². The van der Waals surface area contributed by atoms with Crippen molar-refractivity contribution in [2.24, 2.45) is 0 Å². The summed E-state index contributed by atoms with van der Waals surface area (Å²) in [4.78, 5) is 12.0. The minimum absolute atomic E-state index is 0.133. The molecule has 0 aliphatic rings. The van der Waals surface area contributed by atoms with Gasteiger partial charge in [0.2, 0.25) is 5.91 Å². The first-order chi connectivity index (χ1) is 9.95. The summed E-state index contributed by atoms with van der Waals surface area (Å²) in [6.45, 7) is 1.94. The molecule has 0 aromatic heterocycles. The Balaban J connectivity index is 2.03. The van der Waals surface area contributed by atoms with Crippen molar-refractivity contribution < 1.29 is 13.4 Å². The molecule has 0 aliphatic heterocycles. The molecule has 0 heterocycles. The molecule has 2 rings (SSSR count). The molecule has 0 fully saturated rings. The lowest BCUT2D eigenvalue weighted by Crippen LogP contribution is -2.20. The van der Waals surface area contributed by atoms with Crippen molar-refractivity contribution in [3.8, 4) is 0 Å². The van der Waals surface area contributed by atoms with Crippen LogP contribution in [0, 0.1) is 12.7 Å². The normalized spacial score (nSPS) is 11.9. The maximum Gasteiger partial charge on any atom is 0.237 e. The van der Waals surface area contributed by atoms with Crippen molar-refractivity contribution in [2.75, 3.05) is 16.8 Å². The molecule has 0 spiro atoms. The van der Waals surface area contributed by atoms with E-state index in [1.165, 1.54) is 12.1 Å². The Bertz CT molecular complexity index is 687.